The molecule has 4 nitrogen and oxygen atoms in total. The normalized spacial score (nSPS) is 11.3. The average Bonchev–Trinajstić information content (AvgIpc) is 3.01. The Kier molecular flexibility index (Phi) is 3.56. The number of rotatable bonds is 5. The fraction of sp³-hybridized carbons (Fsp3) is 0.312. The molecule has 0 saturated carbocycles. The molecular weight excluding hydrogens is 250 g/mol. The Balaban J connectivity index is 1.84. The van der Waals surface area contributed by atoms with Crippen molar-refractivity contribution in [3.05, 3.63) is 53.7 Å². The number of aromatic nitrogens is 2. The number of fused-ring (bicyclic) bond motifs is 1. The molecule has 0 aliphatic carbocycles. The molecule has 0 fully saturated rings. The summed E-state index contributed by atoms with van der Waals surface area (Å²) in [5, 5.41) is 3.33. The third kappa shape index (κ3) is 2.47. The lowest BCUT2D eigenvalue weighted by Crippen LogP contribution is -2.11. The standard InChI is InChI=1S/C16H19N3O/c1-3-17-9-13-8-14(20-12(13)2)10-19-11-18-15-6-4-5-7-16(15)19/h4-8,11,17H,3,9-10H2,1-2H3. The first kappa shape index (κ1) is 12.9. The third-order valence-corrected chi connectivity index (χ3v) is 3.49. The smallest absolute Gasteiger partial charge is 0.124 e. The molecule has 0 bridgehead atoms. The number of imidazole rings is 1. The van der Waals surface area contributed by atoms with Gasteiger partial charge in [-0.15, -0.1) is 0 Å². The van der Waals surface area contributed by atoms with E-state index in [9.17, 15) is 0 Å². The minimum atomic E-state index is 0.716. The van der Waals surface area contributed by atoms with Gasteiger partial charge >= 0.3 is 0 Å². The summed E-state index contributed by atoms with van der Waals surface area (Å²) in [6.07, 6.45) is 1.87. The van der Waals surface area contributed by atoms with Crippen LogP contribution in [0.25, 0.3) is 11.0 Å². The van der Waals surface area contributed by atoms with Crippen LogP contribution in [0.3, 0.4) is 0 Å². The second kappa shape index (κ2) is 5.51. The van der Waals surface area contributed by atoms with Gasteiger partial charge in [0.15, 0.2) is 0 Å². The number of hydrogen-bond acceptors (Lipinski definition) is 3. The highest BCUT2D eigenvalue weighted by Gasteiger charge is 2.09. The van der Waals surface area contributed by atoms with Gasteiger partial charge in [-0.1, -0.05) is 19.1 Å². The van der Waals surface area contributed by atoms with Gasteiger partial charge in [0.05, 0.1) is 23.9 Å². The fourth-order valence-corrected chi connectivity index (χ4v) is 2.40. The fourth-order valence-electron chi connectivity index (χ4n) is 2.40. The molecule has 0 aliphatic heterocycles. The number of nitrogens with one attached hydrogen (secondary N) is 1. The number of para-hydroxylation sites is 2. The van der Waals surface area contributed by atoms with Crippen LogP contribution in [-0.2, 0) is 13.1 Å². The van der Waals surface area contributed by atoms with E-state index < -0.39 is 0 Å². The van der Waals surface area contributed by atoms with E-state index in [0.29, 0.717) is 6.54 Å². The SMILES string of the molecule is CCNCc1cc(Cn2cnc3ccccc32)oc1C. The monoisotopic (exact) mass is 269 g/mol. The molecule has 20 heavy (non-hydrogen) atoms. The van der Waals surface area contributed by atoms with Gasteiger partial charge in [-0.3, -0.25) is 0 Å². The van der Waals surface area contributed by atoms with Crippen molar-refractivity contribution < 1.29 is 4.42 Å². The molecule has 0 spiro atoms. The molecule has 0 atom stereocenters. The van der Waals surface area contributed by atoms with Gasteiger partial charge < -0.3 is 14.3 Å². The van der Waals surface area contributed by atoms with E-state index in [0.717, 1.165) is 35.6 Å². The summed E-state index contributed by atoms with van der Waals surface area (Å²) in [4.78, 5) is 4.40. The molecule has 104 valence electrons. The molecule has 3 aromatic rings. The van der Waals surface area contributed by atoms with Crippen molar-refractivity contribution in [1.82, 2.24) is 14.9 Å². The summed E-state index contributed by atoms with van der Waals surface area (Å²) in [7, 11) is 0. The third-order valence-electron chi connectivity index (χ3n) is 3.49. The van der Waals surface area contributed by atoms with Crippen LogP contribution in [-0.4, -0.2) is 16.1 Å². The predicted octanol–water partition coefficient (Wildman–Crippen LogP) is 3.10. The summed E-state index contributed by atoms with van der Waals surface area (Å²) < 4.78 is 7.96. The highest BCUT2D eigenvalue weighted by atomic mass is 16.3. The first-order valence-electron chi connectivity index (χ1n) is 6.96. The van der Waals surface area contributed by atoms with Crippen molar-refractivity contribution in [1.29, 1.82) is 0 Å². The number of furan rings is 1. The van der Waals surface area contributed by atoms with E-state index in [1.54, 1.807) is 0 Å². The molecule has 3 rings (SSSR count). The van der Waals surface area contributed by atoms with Gasteiger partial charge in [0.25, 0.3) is 0 Å². The minimum Gasteiger partial charge on any atom is -0.464 e. The molecule has 1 aromatic carbocycles. The Morgan fingerprint density at radius 3 is 3.00 bits per heavy atom. The minimum absolute atomic E-state index is 0.716. The lowest BCUT2D eigenvalue weighted by molar-refractivity contribution is 0.469. The topological polar surface area (TPSA) is 43.0 Å². The maximum atomic E-state index is 5.85. The molecular formula is C16H19N3O. The number of aryl methyl sites for hydroxylation is 1. The van der Waals surface area contributed by atoms with Crippen LogP contribution in [0.1, 0.15) is 24.0 Å². The quantitative estimate of drug-likeness (QED) is 0.774. The maximum Gasteiger partial charge on any atom is 0.124 e. The van der Waals surface area contributed by atoms with E-state index in [1.165, 1.54) is 5.56 Å². The van der Waals surface area contributed by atoms with Crippen LogP contribution in [0.5, 0.6) is 0 Å². The number of benzene rings is 1. The second-order valence-corrected chi connectivity index (χ2v) is 4.94. The zero-order chi connectivity index (χ0) is 13.9. The summed E-state index contributed by atoms with van der Waals surface area (Å²) in [5.74, 6) is 1.96. The van der Waals surface area contributed by atoms with Crippen LogP contribution in [0.15, 0.2) is 41.1 Å². The molecule has 2 aromatic heterocycles. The van der Waals surface area contributed by atoms with Crippen LogP contribution >= 0.6 is 0 Å². The predicted molar refractivity (Wildman–Crippen MR) is 79.7 cm³/mol. The summed E-state index contributed by atoms with van der Waals surface area (Å²) in [5.41, 5.74) is 3.38. The van der Waals surface area contributed by atoms with Crippen LogP contribution in [0.4, 0.5) is 0 Å². The summed E-state index contributed by atoms with van der Waals surface area (Å²) >= 11 is 0. The van der Waals surface area contributed by atoms with Crippen LogP contribution in [0, 0.1) is 6.92 Å². The van der Waals surface area contributed by atoms with E-state index in [4.69, 9.17) is 4.42 Å². The van der Waals surface area contributed by atoms with Crippen molar-refractivity contribution in [3.8, 4) is 0 Å². The highest BCUT2D eigenvalue weighted by molar-refractivity contribution is 5.74. The molecule has 0 radical (unpaired) electrons. The van der Waals surface area contributed by atoms with Crippen molar-refractivity contribution >= 4 is 11.0 Å². The Hall–Kier alpha value is -2.07. The molecule has 0 unspecified atom stereocenters. The van der Waals surface area contributed by atoms with Gasteiger partial charge in [-0.2, -0.15) is 0 Å². The van der Waals surface area contributed by atoms with E-state index in [2.05, 4.69) is 33.9 Å². The lowest BCUT2D eigenvalue weighted by atomic mass is 10.2. The van der Waals surface area contributed by atoms with Gasteiger partial charge in [-0.05, 0) is 31.7 Å². The zero-order valence-corrected chi connectivity index (χ0v) is 11.9. The second-order valence-electron chi connectivity index (χ2n) is 4.94. The molecule has 4 heteroatoms. The molecule has 0 saturated heterocycles. The van der Waals surface area contributed by atoms with E-state index in [1.807, 2.05) is 31.5 Å². The lowest BCUT2D eigenvalue weighted by Gasteiger charge is -2.00. The zero-order valence-electron chi connectivity index (χ0n) is 11.9. The van der Waals surface area contributed by atoms with Crippen LogP contribution in [0.2, 0.25) is 0 Å². The average molecular weight is 269 g/mol. The van der Waals surface area contributed by atoms with E-state index in [-0.39, 0.29) is 0 Å². The van der Waals surface area contributed by atoms with Gasteiger partial charge in [0.1, 0.15) is 11.5 Å². The van der Waals surface area contributed by atoms with E-state index >= 15 is 0 Å². The van der Waals surface area contributed by atoms with Gasteiger partial charge in [-0.25, -0.2) is 4.98 Å². The highest BCUT2D eigenvalue weighted by Crippen LogP contribution is 2.18. The van der Waals surface area contributed by atoms with Crippen molar-refractivity contribution in [2.24, 2.45) is 0 Å². The Morgan fingerprint density at radius 1 is 1.30 bits per heavy atom. The van der Waals surface area contributed by atoms with Gasteiger partial charge in [0.2, 0.25) is 0 Å². The van der Waals surface area contributed by atoms with Gasteiger partial charge in [0, 0.05) is 12.1 Å². The molecule has 2 heterocycles. The Bertz CT molecular complexity index is 711. The van der Waals surface area contributed by atoms with Crippen molar-refractivity contribution in [2.75, 3.05) is 6.54 Å². The molecule has 0 aliphatic rings. The van der Waals surface area contributed by atoms with Crippen molar-refractivity contribution in [2.45, 2.75) is 26.9 Å². The molecule has 1 N–H and O–H groups in total. The Morgan fingerprint density at radius 2 is 2.15 bits per heavy atom. The summed E-state index contributed by atoms with van der Waals surface area (Å²) in [6.45, 7) is 6.66. The Labute approximate surface area is 118 Å². The number of hydrogen-bond donors (Lipinski definition) is 1. The van der Waals surface area contributed by atoms with Crippen molar-refractivity contribution in [3.63, 3.8) is 0 Å². The largest absolute Gasteiger partial charge is 0.464 e. The van der Waals surface area contributed by atoms with Crippen LogP contribution < -0.4 is 5.32 Å². The molecule has 0 amide bonds. The first-order valence-corrected chi connectivity index (χ1v) is 6.96. The summed E-state index contributed by atoms with van der Waals surface area (Å²) in [6, 6.07) is 10.3. The maximum absolute atomic E-state index is 5.85. The first-order chi connectivity index (χ1) is 9.78. The number of nitrogens with zero attached hydrogens (tertiary/aromatic N) is 2.